The van der Waals surface area contributed by atoms with E-state index >= 15 is 0 Å². The molecule has 0 aliphatic heterocycles. The summed E-state index contributed by atoms with van der Waals surface area (Å²) in [5.74, 6) is 5.32. The molecule has 0 fully saturated rings. The predicted molar refractivity (Wildman–Crippen MR) is 45.3 cm³/mol. The lowest BCUT2D eigenvalue weighted by atomic mass is 10.4. The second-order valence-corrected chi connectivity index (χ2v) is 2.24. The number of carbonyl (C=O) groups excluding carboxylic acids is 1. The van der Waals surface area contributed by atoms with Gasteiger partial charge >= 0.3 is 0 Å². The van der Waals surface area contributed by atoms with Crippen LogP contribution in [-0.4, -0.2) is 10.2 Å². The Morgan fingerprint density at radius 3 is 2.55 bits per heavy atom. The van der Waals surface area contributed by atoms with E-state index in [1.165, 1.54) is 0 Å². The third-order valence-electron chi connectivity index (χ3n) is 1.15. The number of amides is 1. The number of aromatic nitrogens is 1. The van der Waals surface area contributed by atoms with Gasteiger partial charge in [-0.05, 0) is 12.1 Å². The normalized spacial score (nSPS) is 9.27. The van der Waals surface area contributed by atoms with Gasteiger partial charge in [-0.3, -0.25) is 9.78 Å². The molecule has 4 nitrogen and oxygen atoms in total. The molecule has 0 unspecified atom stereocenters. The van der Waals surface area contributed by atoms with Gasteiger partial charge in [-0.15, -0.1) is 0 Å². The summed E-state index contributed by atoms with van der Waals surface area (Å²) in [7, 11) is 0. The van der Waals surface area contributed by atoms with Gasteiger partial charge in [0.25, 0.3) is 5.24 Å². The first-order chi connectivity index (χ1) is 5.22. The molecule has 1 heterocycles. The van der Waals surface area contributed by atoms with E-state index in [1.807, 2.05) is 0 Å². The summed E-state index contributed by atoms with van der Waals surface area (Å²) in [5, 5.41) is 0.432. The van der Waals surface area contributed by atoms with Gasteiger partial charge in [-0.1, -0.05) is 12.6 Å². The van der Waals surface area contributed by atoms with Crippen molar-refractivity contribution in [2.75, 3.05) is 5.01 Å². The SMILES string of the molecule is NN(C(=O)S)c1ccncc1. The Hall–Kier alpha value is -1.07. The maximum atomic E-state index is 10.6. The largest absolute Gasteiger partial charge is 0.297 e. The molecule has 0 aliphatic rings. The zero-order chi connectivity index (χ0) is 8.27. The van der Waals surface area contributed by atoms with Crippen molar-refractivity contribution in [2.45, 2.75) is 0 Å². The van der Waals surface area contributed by atoms with Crippen molar-refractivity contribution in [3.05, 3.63) is 24.5 Å². The van der Waals surface area contributed by atoms with Crippen molar-refractivity contribution in [3.8, 4) is 0 Å². The van der Waals surface area contributed by atoms with Crippen LogP contribution in [0.25, 0.3) is 0 Å². The number of hydrogen-bond donors (Lipinski definition) is 2. The summed E-state index contributed by atoms with van der Waals surface area (Å²) in [6, 6.07) is 3.24. The second kappa shape index (κ2) is 3.36. The molecule has 0 atom stereocenters. The molecule has 58 valence electrons. The highest BCUT2D eigenvalue weighted by Crippen LogP contribution is 2.08. The van der Waals surface area contributed by atoms with Gasteiger partial charge in [0.15, 0.2) is 0 Å². The highest BCUT2D eigenvalue weighted by molar-refractivity contribution is 7.96. The molecule has 1 amide bonds. The van der Waals surface area contributed by atoms with Crippen LogP contribution in [-0.2, 0) is 0 Å². The topological polar surface area (TPSA) is 59.2 Å². The first-order valence-electron chi connectivity index (χ1n) is 2.89. The molecular formula is C6H7N3OS. The Morgan fingerprint density at radius 1 is 1.55 bits per heavy atom. The average molecular weight is 169 g/mol. The van der Waals surface area contributed by atoms with Gasteiger partial charge in [0.2, 0.25) is 0 Å². The standard InChI is InChI=1S/C6H7N3OS/c7-9(6(10)11)5-1-3-8-4-2-5/h1-4H,7H2,(H,10,11). The molecule has 11 heavy (non-hydrogen) atoms. The third kappa shape index (κ3) is 1.92. The van der Waals surface area contributed by atoms with Crippen molar-refractivity contribution >= 4 is 23.6 Å². The summed E-state index contributed by atoms with van der Waals surface area (Å²) >= 11 is 3.55. The summed E-state index contributed by atoms with van der Waals surface area (Å²) in [6.07, 6.45) is 3.10. The lowest BCUT2D eigenvalue weighted by Gasteiger charge is -2.11. The summed E-state index contributed by atoms with van der Waals surface area (Å²) in [6.45, 7) is 0. The fourth-order valence-corrected chi connectivity index (χ4v) is 0.731. The number of rotatable bonds is 1. The molecule has 1 aromatic rings. The summed E-state index contributed by atoms with van der Waals surface area (Å²) < 4.78 is 0. The molecule has 0 saturated heterocycles. The lowest BCUT2D eigenvalue weighted by Crippen LogP contribution is -2.33. The van der Waals surface area contributed by atoms with E-state index in [-0.39, 0.29) is 0 Å². The van der Waals surface area contributed by atoms with Gasteiger partial charge in [0.05, 0.1) is 5.69 Å². The van der Waals surface area contributed by atoms with Crippen molar-refractivity contribution in [1.29, 1.82) is 0 Å². The van der Waals surface area contributed by atoms with E-state index in [9.17, 15) is 4.79 Å². The number of nitrogens with zero attached hydrogens (tertiary/aromatic N) is 2. The highest BCUT2D eigenvalue weighted by atomic mass is 32.1. The molecule has 0 saturated carbocycles. The fourth-order valence-electron chi connectivity index (χ4n) is 0.615. The number of pyridine rings is 1. The minimum atomic E-state index is -0.504. The first kappa shape index (κ1) is 8.03. The summed E-state index contributed by atoms with van der Waals surface area (Å²) in [5.41, 5.74) is 0.569. The summed E-state index contributed by atoms with van der Waals surface area (Å²) in [4.78, 5) is 14.4. The molecule has 0 bridgehead atoms. The molecule has 0 aliphatic carbocycles. The van der Waals surface area contributed by atoms with Crippen LogP contribution in [0.3, 0.4) is 0 Å². The number of hydrazine groups is 1. The lowest BCUT2D eigenvalue weighted by molar-refractivity contribution is 0.265. The maximum Gasteiger partial charge on any atom is 0.297 e. The van der Waals surface area contributed by atoms with Gasteiger partial charge in [0.1, 0.15) is 0 Å². The van der Waals surface area contributed by atoms with E-state index in [4.69, 9.17) is 5.84 Å². The average Bonchev–Trinajstić information content (AvgIpc) is 2.05. The van der Waals surface area contributed by atoms with E-state index in [2.05, 4.69) is 17.6 Å². The van der Waals surface area contributed by atoms with Crippen molar-refractivity contribution in [2.24, 2.45) is 5.84 Å². The van der Waals surface area contributed by atoms with Crippen LogP contribution in [0.4, 0.5) is 10.5 Å². The maximum absolute atomic E-state index is 10.6. The van der Waals surface area contributed by atoms with Gasteiger partial charge in [0, 0.05) is 12.4 Å². The van der Waals surface area contributed by atoms with E-state index in [0.717, 1.165) is 5.01 Å². The van der Waals surface area contributed by atoms with Crippen LogP contribution < -0.4 is 10.9 Å². The Bertz CT molecular complexity index is 251. The molecule has 2 N–H and O–H groups in total. The second-order valence-electron chi connectivity index (χ2n) is 1.86. The van der Waals surface area contributed by atoms with Crippen molar-refractivity contribution in [3.63, 3.8) is 0 Å². The Morgan fingerprint density at radius 2 is 2.09 bits per heavy atom. The number of hydrogen-bond acceptors (Lipinski definition) is 3. The predicted octanol–water partition coefficient (Wildman–Crippen LogP) is 0.812. The molecular weight excluding hydrogens is 162 g/mol. The van der Waals surface area contributed by atoms with Gasteiger partial charge in [-0.25, -0.2) is 10.9 Å². The van der Waals surface area contributed by atoms with Crippen LogP contribution in [0.5, 0.6) is 0 Å². The number of nitrogens with two attached hydrogens (primary N) is 1. The highest BCUT2D eigenvalue weighted by Gasteiger charge is 2.04. The van der Waals surface area contributed by atoms with E-state index < -0.39 is 5.24 Å². The minimum Gasteiger partial charge on any atom is -0.265 e. The Labute approximate surface area is 69.4 Å². The van der Waals surface area contributed by atoms with Crippen molar-refractivity contribution < 1.29 is 4.79 Å². The van der Waals surface area contributed by atoms with Crippen LogP contribution in [0.15, 0.2) is 24.5 Å². The zero-order valence-corrected chi connectivity index (χ0v) is 6.53. The first-order valence-corrected chi connectivity index (χ1v) is 3.34. The number of carbonyl (C=O) groups is 1. The van der Waals surface area contributed by atoms with E-state index in [0.29, 0.717) is 5.69 Å². The quantitative estimate of drug-likeness (QED) is 0.283. The van der Waals surface area contributed by atoms with Crippen LogP contribution in [0, 0.1) is 0 Å². The van der Waals surface area contributed by atoms with Crippen LogP contribution >= 0.6 is 12.6 Å². The Balaban J connectivity index is 2.85. The van der Waals surface area contributed by atoms with Gasteiger partial charge < -0.3 is 0 Å². The van der Waals surface area contributed by atoms with Crippen LogP contribution in [0.2, 0.25) is 0 Å². The monoisotopic (exact) mass is 169 g/mol. The molecule has 1 rings (SSSR count). The fraction of sp³-hybridized carbons (Fsp3) is 0. The smallest absolute Gasteiger partial charge is 0.265 e. The zero-order valence-electron chi connectivity index (χ0n) is 5.64. The third-order valence-corrected chi connectivity index (χ3v) is 1.36. The molecule has 5 heteroatoms. The van der Waals surface area contributed by atoms with Crippen molar-refractivity contribution in [1.82, 2.24) is 4.98 Å². The Kier molecular flexibility index (Phi) is 2.45. The van der Waals surface area contributed by atoms with Gasteiger partial charge in [-0.2, -0.15) is 0 Å². The number of thiol groups is 1. The molecule has 0 radical (unpaired) electrons. The van der Waals surface area contributed by atoms with Crippen LogP contribution in [0.1, 0.15) is 0 Å². The number of anilines is 1. The molecule has 0 aromatic carbocycles. The van der Waals surface area contributed by atoms with E-state index in [1.54, 1.807) is 24.5 Å². The minimum absolute atomic E-state index is 0.504. The molecule has 1 aromatic heterocycles. The molecule has 0 spiro atoms.